The minimum atomic E-state index is -0.826. The predicted octanol–water partition coefficient (Wildman–Crippen LogP) is 2.84. The van der Waals surface area contributed by atoms with E-state index in [-0.39, 0.29) is 0 Å². The normalized spacial score (nSPS) is 11.4. The second kappa shape index (κ2) is 7.19. The Morgan fingerprint density at radius 2 is 1.71 bits per heavy atom. The Bertz CT molecular complexity index is 1070. The number of primary amides is 2. The van der Waals surface area contributed by atoms with Crippen LogP contribution in [-0.4, -0.2) is 22.5 Å². The molecule has 0 aliphatic carbocycles. The van der Waals surface area contributed by atoms with Gasteiger partial charge in [0.05, 0.1) is 11.1 Å². The van der Waals surface area contributed by atoms with E-state index in [4.69, 9.17) is 16.2 Å². The summed E-state index contributed by atoms with van der Waals surface area (Å²) in [7, 11) is 0. The number of hydrogen-bond acceptors (Lipinski definition) is 4. The van der Waals surface area contributed by atoms with E-state index in [1.54, 1.807) is 62.5 Å². The standard InChI is InChI=1S/C21H21N3O4/c1-21(2,19(22)26)11-14-12-24(20(23)27)17-9-8-15(10-16(14)17)28-18(25)13-6-4-3-5-7-13/h3-10,12H,11H2,1-2H3,(H2,22,26)(H2,23,27). The first-order valence-electron chi connectivity index (χ1n) is 8.70. The van der Waals surface area contributed by atoms with Gasteiger partial charge in [-0.05, 0) is 42.3 Å². The molecule has 28 heavy (non-hydrogen) atoms. The molecular formula is C21H21N3O4. The highest BCUT2D eigenvalue weighted by atomic mass is 16.5. The quantitative estimate of drug-likeness (QED) is 0.523. The van der Waals surface area contributed by atoms with Crippen molar-refractivity contribution >= 4 is 28.8 Å². The summed E-state index contributed by atoms with van der Waals surface area (Å²) < 4.78 is 6.75. The molecule has 0 radical (unpaired) electrons. The van der Waals surface area contributed by atoms with Crippen LogP contribution < -0.4 is 16.2 Å². The molecule has 0 aliphatic heterocycles. The Labute approximate surface area is 161 Å². The zero-order chi connectivity index (χ0) is 20.5. The van der Waals surface area contributed by atoms with Crippen LogP contribution in [0.3, 0.4) is 0 Å². The van der Waals surface area contributed by atoms with Gasteiger partial charge in [-0.1, -0.05) is 32.0 Å². The van der Waals surface area contributed by atoms with Crippen LogP contribution in [0.4, 0.5) is 4.79 Å². The molecule has 2 aromatic carbocycles. The van der Waals surface area contributed by atoms with Gasteiger partial charge in [0.2, 0.25) is 5.91 Å². The molecule has 7 nitrogen and oxygen atoms in total. The molecule has 0 saturated carbocycles. The summed E-state index contributed by atoms with van der Waals surface area (Å²) in [5.74, 6) is -0.630. The fourth-order valence-electron chi connectivity index (χ4n) is 2.97. The molecule has 2 amide bonds. The third kappa shape index (κ3) is 3.73. The molecule has 0 bridgehead atoms. The smallest absolute Gasteiger partial charge is 0.343 e. The second-order valence-electron chi connectivity index (χ2n) is 7.22. The molecule has 7 heteroatoms. The molecule has 0 unspecified atom stereocenters. The number of nitrogens with two attached hydrogens (primary N) is 2. The van der Waals surface area contributed by atoms with Crippen LogP contribution >= 0.6 is 0 Å². The Morgan fingerprint density at radius 3 is 2.32 bits per heavy atom. The van der Waals surface area contributed by atoms with Crippen molar-refractivity contribution in [3.8, 4) is 5.75 Å². The van der Waals surface area contributed by atoms with Gasteiger partial charge in [-0.3, -0.25) is 9.36 Å². The maximum Gasteiger partial charge on any atom is 0.343 e. The van der Waals surface area contributed by atoms with Crippen molar-refractivity contribution in [2.75, 3.05) is 0 Å². The van der Waals surface area contributed by atoms with E-state index in [0.717, 1.165) is 0 Å². The molecule has 0 spiro atoms. The van der Waals surface area contributed by atoms with Gasteiger partial charge in [0.25, 0.3) is 0 Å². The molecule has 3 aromatic rings. The number of nitrogens with zero attached hydrogens (tertiary/aromatic N) is 1. The van der Waals surface area contributed by atoms with Crippen molar-refractivity contribution in [3.05, 3.63) is 65.9 Å². The van der Waals surface area contributed by atoms with Gasteiger partial charge in [-0.25, -0.2) is 9.59 Å². The van der Waals surface area contributed by atoms with Gasteiger partial charge in [0, 0.05) is 17.0 Å². The van der Waals surface area contributed by atoms with Gasteiger partial charge < -0.3 is 16.2 Å². The van der Waals surface area contributed by atoms with Crippen molar-refractivity contribution in [1.29, 1.82) is 0 Å². The number of hydrogen-bond donors (Lipinski definition) is 2. The lowest BCUT2D eigenvalue weighted by Crippen LogP contribution is -2.33. The van der Waals surface area contributed by atoms with Crippen molar-refractivity contribution in [1.82, 2.24) is 4.57 Å². The van der Waals surface area contributed by atoms with Crippen LogP contribution in [0.5, 0.6) is 5.75 Å². The van der Waals surface area contributed by atoms with Crippen molar-refractivity contribution in [2.45, 2.75) is 20.3 Å². The zero-order valence-electron chi connectivity index (χ0n) is 15.6. The summed E-state index contributed by atoms with van der Waals surface area (Å²) in [6, 6.07) is 12.9. The molecule has 0 aliphatic rings. The summed E-state index contributed by atoms with van der Waals surface area (Å²) in [6.45, 7) is 3.45. The summed E-state index contributed by atoms with van der Waals surface area (Å²) in [5, 5.41) is 0.659. The topological polar surface area (TPSA) is 117 Å². The first-order valence-corrected chi connectivity index (χ1v) is 8.70. The van der Waals surface area contributed by atoms with Gasteiger partial charge in [-0.2, -0.15) is 0 Å². The first-order chi connectivity index (χ1) is 13.2. The highest BCUT2D eigenvalue weighted by Gasteiger charge is 2.27. The fourth-order valence-corrected chi connectivity index (χ4v) is 2.97. The number of esters is 1. The second-order valence-corrected chi connectivity index (χ2v) is 7.22. The maximum absolute atomic E-state index is 12.3. The average molecular weight is 379 g/mol. The molecule has 0 fully saturated rings. The molecule has 0 atom stereocenters. The van der Waals surface area contributed by atoms with Crippen molar-refractivity contribution < 1.29 is 19.1 Å². The lowest BCUT2D eigenvalue weighted by molar-refractivity contribution is -0.125. The number of ether oxygens (including phenoxy) is 1. The Morgan fingerprint density at radius 1 is 1.04 bits per heavy atom. The van der Waals surface area contributed by atoms with Crippen molar-refractivity contribution in [3.63, 3.8) is 0 Å². The van der Waals surface area contributed by atoms with Crippen LogP contribution in [0.15, 0.2) is 54.7 Å². The minimum Gasteiger partial charge on any atom is -0.423 e. The number of carbonyl (C=O) groups is 3. The largest absolute Gasteiger partial charge is 0.423 e. The summed E-state index contributed by atoms with van der Waals surface area (Å²) in [5.41, 5.74) is 11.8. The van der Waals surface area contributed by atoms with Crippen molar-refractivity contribution in [2.24, 2.45) is 16.9 Å². The van der Waals surface area contributed by atoms with E-state index < -0.39 is 23.3 Å². The average Bonchev–Trinajstić information content (AvgIpc) is 3.00. The first kappa shape index (κ1) is 19.2. The van der Waals surface area contributed by atoms with Crippen LogP contribution in [0, 0.1) is 5.41 Å². The van der Waals surface area contributed by atoms with E-state index >= 15 is 0 Å². The van der Waals surface area contributed by atoms with Crippen LogP contribution in [0.25, 0.3) is 10.9 Å². The number of benzene rings is 2. The summed E-state index contributed by atoms with van der Waals surface area (Å²) >= 11 is 0. The van der Waals surface area contributed by atoms with E-state index in [9.17, 15) is 14.4 Å². The molecule has 0 saturated heterocycles. The number of carbonyl (C=O) groups excluding carboxylic acids is 3. The molecule has 1 aromatic heterocycles. The van der Waals surface area contributed by atoms with Gasteiger partial charge in [-0.15, -0.1) is 0 Å². The molecule has 144 valence electrons. The molecule has 4 N–H and O–H groups in total. The Balaban J connectivity index is 2.01. The Kier molecular flexibility index (Phi) is 4.92. The SMILES string of the molecule is CC(C)(Cc1cn(C(N)=O)c2ccc(OC(=O)c3ccccc3)cc12)C(N)=O. The number of rotatable bonds is 5. The number of fused-ring (bicyclic) bond motifs is 1. The highest BCUT2D eigenvalue weighted by Crippen LogP contribution is 2.31. The lowest BCUT2D eigenvalue weighted by Gasteiger charge is -2.19. The summed E-state index contributed by atoms with van der Waals surface area (Å²) in [6.07, 6.45) is 1.88. The highest BCUT2D eigenvalue weighted by molar-refractivity contribution is 5.96. The third-order valence-electron chi connectivity index (χ3n) is 4.62. The monoisotopic (exact) mass is 379 g/mol. The third-order valence-corrected chi connectivity index (χ3v) is 4.62. The lowest BCUT2D eigenvalue weighted by atomic mass is 9.85. The van der Waals surface area contributed by atoms with E-state index in [0.29, 0.717) is 34.2 Å². The van der Waals surface area contributed by atoms with E-state index in [2.05, 4.69) is 0 Å². The minimum absolute atomic E-state index is 0.301. The maximum atomic E-state index is 12.3. The van der Waals surface area contributed by atoms with Crippen LogP contribution in [-0.2, 0) is 11.2 Å². The van der Waals surface area contributed by atoms with Crippen LogP contribution in [0.1, 0.15) is 29.8 Å². The van der Waals surface area contributed by atoms with Gasteiger partial charge >= 0.3 is 12.0 Å². The van der Waals surface area contributed by atoms with Gasteiger partial charge in [0.15, 0.2) is 0 Å². The molecular weight excluding hydrogens is 358 g/mol. The zero-order valence-corrected chi connectivity index (χ0v) is 15.6. The molecule has 3 rings (SSSR count). The molecule has 1 heterocycles. The van der Waals surface area contributed by atoms with Gasteiger partial charge in [0.1, 0.15) is 5.75 Å². The van der Waals surface area contributed by atoms with E-state index in [1.165, 1.54) is 4.57 Å². The van der Waals surface area contributed by atoms with E-state index in [1.807, 2.05) is 6.07 Å². The Hall–Kier alpha value is -3.61. The fraction of sp³-hybridized carbons (Fsp3) is 0.190. The summed E-state index contributed by atoms with van der Waals surface area (Å²) in [4.78, 5) is 35.8. The number of amides is 2. The number of aromatic nitrogens is 1. The van der Waals surface area contributed by atoms with Crippen LogP contribution in [0.2, 0.25) is 0 Å². The predicted molar refractivity (Wildman–Crippen MR) is 105 cm³/mol.